The van der Waals surface area contributed by atoms with Crippen LogP contribution in [0.4, 0.5) is 0 Å². The Balaban J connectivity index is 1.65. The molecule has 1 saturated heterocycles. The summed E-state index contributed by atoms with van der Waals surface area (Å²) in [6.07, 6.45) is 6.57. The van der Waals surface area contributed by atoms with Crippen molar-refractivity contribution in [1.29, 1.82) is 0 Å². The molecule has 100 valence electrons. The Morgan fingerprint density at radius 2 is 1.78 bits per heavy atom. The van der Waals surface area contributed by atoms with E-state index in [2.05, 4.69) is 4.90 Å². The maximum absolute atomic E-state index is 6.04. The van der Waals surface area contributed by atoms with E-state index in [1.54, 1.807) is 0 Å². The van der Waals surface area contributed by atoms with Crippen LogP contribution in [0.3, 0.4) is 0 Å². The van der Waals surface area contributed by atoms with Gasteiger partial charge in [-0.25, -0.2) is 0 Å². The third-order valence-corrected chi connectivity index (χ3v) is 3.72. The van der Waals surface area contributed by atoms with Gasteiger partial charge in [-0.2, -0.15) is 0 Å². The van der Waals surface area contributed by atoms with Gasteiger partial charge in [0.15, 0.2) is 0 Å². The van der Waals surface area contributed by atoms with Crippen molar-refractivity contribution in [3.8, 4) is 5.75 Å². The Bertz CT molecular complexity index is 348. The molecular weight excluding hydrogens is 246 g/mol. The first kappa shape index (κ1) is 13.7. The summed E-state index contributed by atoms with van der Waals surface area (Å²) in [5, 5.41) is 0.701. The smallest absolute Gasteiger partial charge is 0.137 e. The number of likely N-dealkylation sites (tertiary alicyclic amines) is 1. The first-order valence-electron chi connectivity index (χ1n) is 6.96. The maximum Gasteiger partial charge on any atom is 0.137 e. The average Bonchev–Trinajstić information content (AvgIpc) is 2.65. The molecule has 1 aliphatic rings. The lowest BCUT2D eigenvalue weighted by Crippen LogP contribution is -2.26. The highest BCUT2D eigenvalue weighted by Gasteiger charge is 2.08. The average molecular weight is 268 g/mol. The van der Waals surface area contributed by atoms with Crippen molar-refractivity contribution in [1.82, 2.24) is 4.90 Å². The van der Waals surface area contributed by atoms with Crippen LogP contribution in [0.15, 0.2) is 24.3 Å². The van der Waals surface area contributed by atoms with E-state index < -0.39 is 0 Å². The Morgan fingerprint density at radius 3 is 2.50 bits per heavy atom. The van der Waals surface area contributed by atoms with Gasteiger partial charge in [0.05, 0.1) is 11.6 Å². The molecule has 0 amide bonds. The molecule has 2 rings (SSSR count). The zero-order valence-corrected chi connectivity index (χ0v) is 11.7. The van der Waals surface area contributed by atoms with Crippen molar-refractivity contribution in [2.75, 3.05) is 26.2 Å². The summed E-state index contributed by atoms with van der Waals surface area (Å²) < 4.78 is 5.70. The van der Waals surface area contributed by atoms with Crippen LogP contribution in [0.5, 0.6) is 5.75 Å². The number of halogens is 1. The zero-order valence-electron chi connectivity index (χ0n) is 10.9. The maximum atomic E-state index is 6.04. The molecule has 0 aromatic heterocycles. The molecule has 0 bridgehead atoms. The van der Waals surface area contributed by atoms with Gasteiger partial charge in [-0.15, -0.1) is 0 Å². The number of hydrogen-bond acceptors (Lipinski definition) is 2. The number of rotatable bonds is 5. The fourth-order valence-electron chi connectivity index (χ4n) is 2.39. The first-order valence-corrected chi connectivity index (χ1v) is 7.34. The highest BCUT2D eigenvalue weighted by atomic mass is 35.5. The van der Waals surface area contributed by atoms with Gasteiger partial charge in [0.2, 0.25) is 0 Å². The van der Waals surface area contributed by atoms with Crippen LogP contribution in [-0.2, 0) is 0 Å². The summed E-state index contributed by atoms with van der Waals surface area (Å²) >= 11 is 6.04. The van der Waals surface area contributed by atoms with E-state index in [1.165, 1.54) is 38.8 Å². The van der Waals surface area contributed by atoms with Crippen molar-refractivity contribution in [3.63, 3.8) is 0 Å². The van der Waals surface area contributed by atoms with Gasteiger partial charge in [-0.1, -0.05) is 36.6 Å². The molecule has 2 nitrogen and oxygen atoms in total. The molecule has 0 radical (unpaired) electrons. The van der Waals surface area contributed by atoms with E-state index in [-0.39, 0.29) is 0 Å². The molecule has 1 aromatic carbocycles. The molecule has 18 heavy (non-hydrogen) atoms. The Hall–Kier alpha value is -0.730. The highest BCUT2D eigenvalue weighted by molar-refractivity contribution is 6.32. The van der Waals surface area contributed by atoms with E-state index in [9.17, 15) is 0 Å². The largest absolute Gasteiger partial charge is 0.492 e. The van der Waals surface area contributed by atoms with Crippen LogP contribution < -0.4 is 4.74 Å². The Kier molecular flexibility index (Phi) is 5.82. The lowest BCUT2D eigenvalue weighted by atomic mass is 10.2. The Labute approximate surface area is 115 Å². The molecule has 0 spiro atoms. The summed E-state index contributed by atoms with van der Waals surface area (Å²) in [6, 6.07) is 7.67. The third kappa shape index (κ3) is 4.51. The van der Waals surface area contributed by atoms with E-state index >= 15 is 0 Å². The number of para-hydroxylation sites is 1. The van der Waals surface area contributed by atoms with E-state index in [0.717, 1.165) is 25.3 Å². The molecule has 0 N–H and O–H groups in total. The van der Waals surface area contributed by atoms with Crippen molar-refractivity contribution < 1.29 is 4.74 Å². The van der Waals surface area contributed by atoms with Gasteiger partial charge in [-0.3, -0.25) is 0 Å². The second kappa shape index (κ2) is 7.65. The second-order valence-electron chi connectivity index (χ2n) is 4.89. The van der Waals surface area contributed by atoms with Crippen molar-refractivity contribution in [2.45, 2.75) is 32.1 Å². The van der Waals surface area contributed by atoms with Gasteiger partial charge in [0.1, 0.15) is 5.75 Å². The van der Waals surface area contributed by atoms with E-state index in [1.807, 2.05) is 24.3 Å². The van der Waals surface area contributed by atoms with E-state index in [0.29, 0.717) is 5.02 Å². The highest BCUT2D eigenvalue weighted by Crippen LogP contribution is 2.23. The lowest BCUT2D eigenvalue weighted by molar-refractivity contribution is 0.240. The van der Waals surface area contributed by atoms with Gasteiger partial charge in [0.25, 0.3) is 0 Å². The van der Waals surface area contributed by atoms with Crippen molar-refractivity contribution in [3.05, 3.63) is 29.3 Å². The fourth-order valence-corrected chi connectivity index (χ4v) is 2.58. The summed E-state index contributed by atoms with van der Waals surface area (Å²) in [6.45, 7) is 4.41. The SMILES string of the molecule is Clc1ccccc1OCCCN1CCCCCC1. The molecule has 1 aliphatic heterocycles. The van der Waals surface area contributed by atoms with Gasteiger partial charge >= 0.3 is 0 Å². The quantitative estimate of drug-likeness (QED) is 0.748. The molecule has 0 aliphatic carbocycles. The zero-order chi connectivity index (χ0) is 12.6. The fraction of sp³-hybridized carbons (Fsp3) is 0.600. The van der Waals surface area contributed by atoms with Gasteiger partial charge < -0.3 is 9.64 Å². The minimum atomic E-state index is 0.701. The molecule has 1 heterocycles. The molecule has 0 unspecified atom stereocenters. The number of nitrogens with zero attached hydrogens (tertiary/aromatic N) is 1. The first-order chi connectivity index (χ1) is 8.86. The standard InChI is InChI=1S/C15H22ClNO/c16-14-8-3-4-9-15(14)18-13-7-12-17-10-5-1-2-6-11-17/h3-4,8-9H,1-2,5-7,10-13H2. The molecule has 0 atom stereocenters. The predicted octanol–water partition coefficient (Wildman–Crippen LogP) is 3.98. The van der Waals surface area contributed by atoms with Gasteiger partial charge in [0, 0.05) is 6.54 Å². The summed E-state index contributed by atoms with van der Waals surface area (Å²) in [5.41, 5.74) is 0. The van der Waals surface area contributed by atoms with Crippen LogP contribution in [0.25, 0.3) is 0 Å². The third-order valence-electron chi connectivity index (χ3n) is 3.41. The van der Waals surface area contributed by atoms with Crippen LogP contribution in [0.2, 0.25) is 5.02 Å². The number of benzene rings is 1. The van der Waals surface area contributed by atoms with Crippen LogP contribution >= 0.6 is 11.6 Å². The molecular formula is C15H22ClNO. The van der Waals surface area contributed by atoms with E-state index in [4.69, 9.17) is 16.3 Å². The van der Waals surface area contributed by atoms with Crippen LogP contribution in [-0.4, -0.2) is 31.1 Å². The van der Waals surface area contributed by atoms with Crippen molar-refractivity contribution in [2.24, 2.45) is 0 Å². The van der Waals surface area contributed by atoms with Crippen molar-refractivity contribution >= 4 is 11.6 Å². The molecule has 3 heteroatoms. The summed E-state index contributed by atoms with van der Waals surface area (Å²) in [7, 11) is 0. The molecule has 1 fully saturated rings. The van der Waals surface area contributed by atoms with Crippen LogP contribution in [0, 0.1) is 0 Å². The summed E-state index contributed by atoms with van der Waals surface area (Å²) in [4.78, 5) is 2.56. The molecule has 1 aromatic rings. The lowest BCUT2D eigenvalue weighted by Gasteiger charge is -2.19. The second-order valence-corrected chi connectivity index (χ2v) is 5.30. The predicted molar refractivity (Wildman–Crippen MR) is 76.5 cm³/mol. The van der Waals surface area contributed by atoms with Gasteiger partial charge in [-0.05, 0) is 44.5 Å². The minimum Gasteiger partial charge on any atom is -0.492 e. The minimum absolute atomic E-state index is 0.701. The Morgan fingerprint density at radius 1 is 1.06 bits per heavy atom. The monoisotopic (exact) mass is 267 g/mol. The topological polar surface area (TPSA) is 12.5 Å². The molecule has 0 saturated carbocycles. The summed E-state index contributed by atoms with van der Waals surface area (Å²) in [5.74, 6) is 0.801. The normalized spacial score (nSPS) is 17.4. The number of ether oxygens (including phenoxy) is 1. The number of hydrogen-bond donors (Lipinski definition) is 0. The van der Waals surface area contributed by atoms with Crippen LogP contribution in [0.1, 0.15) is 32.1 Å².